The van der Waals surface area contributed by atoms with Gasteiger partial charge in [0.15, 0.2) is 0 Å². The molecular weight excluding hydrogens is 421 g/mol. The van der Waals surface area contributed by atoms with Gasteiger partial charge < -0.3 is 21.0 Å². The van der Waals surface area contributed by atoms with E-state index >= 15 is 0 Å². The number of nitrogens with zero attached hydrogens (tertiary/aromatic N) is 3. The Morgan fingerprint density at radius 2 is 1.82 bits per heavy atom. The van der Waals surface area contributed by atoms with E-state index in [-0.39, 0.29) is 11.7 Å². The minimum atomic E-state index is -0.756. The van der Waals surface area contributed by atoms with Crippen molar-refractivity contribution >= 4 is 22.8 Å². The molecular formula is C24H20FN7O. The molecule has 5 N–H and O–H groups in total. The Morgan fingerprint density at radius 3 is 2.55 bits per heavy atom. The molecule has 33 heavy (non-hydrogen) atoms. The number of nitrogens with two attached hydrogens (primary N) is 1. The first-order chi connectivity index (χ1) is 16.1. The number of hydrogen-bond donors (Lipinski definition) is 4. The van der Waals surface area contributed by atoms with Crippen LogP contribution in [0.5, 0.6) is 0 Å². The topological polar surface area (TPSA) is 125 Å². The lowest BCUT2D eigenvalue weighted by Gasteiger charge is -2.11. The number of pyridine rings is 2. The maximum atomic E-state index is 13.5. The Balaban J connectivity index is 1.50. The van der Waals surface area contributed by atoms with Crippen LogP contribution in [0.3, 0.4) is 0 Å². The van der Waals surface area contributed by atoms with Crippen LogP contribution < -0.4 is 11.1 Å². The normalized spacial score (nSPS) is 12.1. The molecule has 0 saturated heterocycles. The fraction of sp³-hybridized carbons (Fsp3) is 0.0833. The molecule has 1 amide bonds. The lowest BCUT2D eigenvalue weighted by molar-refractivity contribution is -0.117. The summed E-state index contributed by atoms with van der Waals surface area (Å²) in [6.45, 7) is 0. The van der Waals surface area contributed by atoms with Gasteiger partial charge in [-0.2, -0.15) is 0 Å². The summed E-state index contributed by atoms with van der Waals surface area (Å²) in [6.07, 6.45) is 6.93. The number of carbonyl (C=O) groups excluding carboxylic acids is 1. The molecule has 9 heteroatoms. The number of hydrogen-bond acceptors (Lipinski definition) is 5. The molecule has 0 spiro atoms. The van der Waals surface area contributed by atoms with Gasteiger partial charge >= 0.3 is 0 Å². The quantitative estimate of drug-likeness (QED) is 0.320. The van der Waals surface area contributed by atoms with E-state index < -0.39 is 6.04 Å². The fourth-order valence-electron chi connectivity index (χ4n) is 3.74. The maximum Gasteiger partial charge on any atom is 0.242 e. The van der Waals surface area contributed by atoms with Crippen molar-refractivity contribution in [3.8, 4) is 22.4 Å². The van der Waals surface area contributed by atoms with E-state index in [4.69, 9.17) is 5.73 Å². The molecule has 0 bridgehead atoms. The Hall–Kier alpha value is -4.37. The smallest absolute Gasteiger partial charge is 0.242 e. The summed E-state index contributed by atoms with van der Waals surface area (Å²) in [6, 6.07) is 12.9. The highest BCUT2D eigenvalue weighted by Crippen LogP contribution is 2.38. The minimum Gasteiger partial charge on any atom is -0.348 e. The third-order valence-corrected chi connectivity index (χ3v) is 5.34. The number of aromatic nitrogens is 5. The van der Waals surface area contributed by atoms with Crippen molar-refractivity contribution in [1.82, 2.24) is 24.9 Å². The molecule has 0 fully saturated rings. The summed E-state index contributed by atoms with van der Waals surface area (Å²) in [5.41, 5.74) is 10.9. The van der Waals surface area contributed by atoms with Gasteiger partial charge in [-0.1, -0.05) is 0 Å². The van der Waals surface area contributed by atoms with Crippen LogP contribution >= 0.6 is 0 Å². The van der Waals surface area contributed by atoms with Gasteiger partial charge in [0.2, 0.25) is 5.91 Å². The lowest BCUT2D eigenvalue weighted by Crippen LogP contribution is -2.37. The molecule has 1 atom stereocenters. The molecule has 1 unspecified atom stereocenters. The van der Waals surface area contributed by atoms with Gasteiger partial charge in [-0.05, 0) is 59.7 Å². The molecule has 0 aliphatic rings. The average molecular weight is 441 g/mol. The fourth-order valence-corrected chi connectivity index (χ4v) is 3.74. The number of amides is 1. The molecule has 0 aliphatic heterocycles. The van der Waals surface area contributed by atoms with Gasteiger partial charge in [0.1, 0.15) is 17.3 Å². The van der Waals surface area contributed by atoms with Gasteiger partial charge in [-0.25, -0.2) is 14.4 Å². The van der Waals surface area contributed by atoms with Crippen molar-refractivity contribution in [2.45, 2.75) is 12.5 Å². The van der Waals surface area contributed by atoms with E-state index in [0.29, 0.717) is 17.9 Å². The highest BCUT2D eigenvalue weighted by Gasteiger charge is 2.19. The number of halogens is 1. The summed E-state index contributed by atoms with van der Waals surface area (Å²) in [7, 11) is 0. The van der Waals surface area contributed by atoms with E-state index in [0.717, 1.165) is 33.5 Å². The number of carbonyl (C=O) groups is 1. The molecule has 0 aliphatic carbocycles. The van der Waals surface area contributed by atoms with Gasteiger partial charge in [-0.3, -0.25) is 9.78 Å². The Morgan fingerprint density at radius 1 is 1.03 bits per heavy atom. The molecule has 4 aromatic heterocycles. The largest absolute Gasteiger partial charge is 0.348 e. The first kappa shape index (κ1) is 20.5. The Labute approximate surface area is 188 Å². The van der Waals surface area contributed by atoms with Gasteiger partial charge in [0, 0.05) is 41.7 Å². The van der Waals surface area contributed by atoms with Crippen LogP contribution in [-0.2, 0) is 11.2 Å². The summed E-state index contributed by atoms with van der Waals surface area (Å²) in [5, 5.41) is 3.63. The van der Waals surface area contributed by atoms with Crippen LogP contribution in [0.25, 0.3) is 33.4 Å². The number of benzene rings is 1. The highest BCUT2D eigenvalue weighted by molar-refractivity contribution is 6.03. The van der Waals surface area contributed by atoms with Crippen LogP contribution in [0.2, 0.25) is 0 Å². The number of fused-ring (bicyclic) bond motifs is 1. The second-order valence-corrected chi connectivity index (χ2v) is 7.59. The summed E-state index contributed by atoms with van der Waals surface area (Å²) >= 11 is 0. The van der Waals surface area contributed by atoms with Crippen LogP contribution in [0, 0.1) is 5.82 Å². The summed E-state index contributed by atoms with van der Waals surface area (Å²) in [4.78, 5) is 31.4. The number of nitrogens with one attached hydrogen (secondary N) is 3. The molecule has 0 radical (unpaired) electrons. The zero-order chi connectivity index (χ0) is 22.8. The molecule has 164 valence electrons. The Kier molecular flexibility index (Phi) is 5.37. The van der Waals surface area contributed by atoms with Gasteiger partial charge in [0.25, 0.3) is 0 Å². The number of imidazole rings is 1. The van der Waals surface area contributed by atoms with E-state index in [2.05, 4.69) is 30.2 Å². The zero-order valence-electron chi connectivity index (χ0n) is 17.4. The SMILES string of the molecule is NC(Cc1cnc[nH]1)C(=O)Nc1ccc2c(-c3ccncc3)c(-c3ccc(F)cc3)[nH]c2n1. The second kappa shape index (κ2) is 8.64. The van der Waals surface area contributed by atoms with Crippen LogP contribution in [-0.4, -0.2) is 36.9 Å². The van der Waals surface area contributed by atoms with Crippen LogP contribution in [0.15, 0.2) is 73.4 Å². The zero-order valence-corrected chi connectivity index (χ0v) is 17.4. The summed E-state index contributed by atoms with van der Waals surface area (Å²) in [5.74, 6) is -0.285. The molecule has 5 rings (SSSR count). The first-order valence-corrected chi connectivity index (χ1v) is 10.3. The number of anilines is 1. The maximum absolute atomic E-state index is 13.5. The van der Waals surface area contributed by atoms with Crippen LogP contribution in [0.4, 0.5) is 10.2 Å². The van der Waals surface area contributed by atoms with E-state index in [1.807, 2.05) is 18.2 Å². The number of aromatic amines is 2. The van der Waals surface area contributed by atoms with E-state index in [1.54, 1.807) is 43.1 Å². The third kappa shape index (κ3) is 4.21. The third-order valence-electron chi connectivity index (χ3n) is 5.34. The molecule has 8 nitrogen and oxygen atoms in total. The highest BCUT2D eigenvalue weighted by atomic mass is 19.1. The van der Waals surface area contributed by atoms with Crippen molar-refractivity contribution in [3.05, 3.63) is 85.0 Å². The predicted molar refractivity (Wildman–Crippen MR) is 124 cm³/mol. The van der Waals surface area contributed by atoms with Crippen molar-refractivity contribution in [2.75, 3.05) is 5.32 Å². The molecule has 5 aromatic rings. The van der Waals surface area contributed by atoms with Crippen molar-refractivity contribution in [3.63, 3.8) is 0 Å². The van der Waals surface area contributed by atoms with E-state index in [1.165, 1.54) is 12.1 Å². The van der Waals surface area contributed by atoms with Crippen molar-refractivity contribution in [2.24, 2.45) is 5.73 Å². The van der Waals surface area contributed by atoms with Gasteiger partial charge in [0.05, 0.1) is 18.1 Å². The standard InChI is InChI=1S/C24H20FN7O/c25-16-3-1-15(2-4-16)22-21(14-7-9-27-10-8-14)18-5-6-20(30-23(18)32-22)31-24(33)19(26)11-17-12-28-13-29-17/h1-10,12-13,19H,11,26H2,(H,28,29)(H2,30,31,32,33). The van der Waals surface area contributed by atoms with Crippen LogP contribution in [0.1, 0.15) is 5.69 Å². The van der Waals surface area contributed by atoms with Crippen molar-refractivity contribution < 1.29 is 9.18 Å². The second-order valence-electron chi connectivity index (χ2n) is 7.59. The molecule has 1 aromatic carbocycles. The number of H-pyrrole nitrogens is 2. The Bertz CT molecular complexity index is 1400. The van der Waals surface area contributed by atoms with Gasteiger partial charge in [-0.15, -0.1) is 0 Å². The first-order valence-electron chi connectivity index (χ1n) is 10.3. The average Bonchev–Trinajstić information content (AvgIpc) is 3.47. The molecule has 0 saturated carbocycles. The predicted octanol–water partition coefficient (Wildman–Crippen LogP) is 3.66. The molecule has 4 heterocycles. The number of rotatable bonds is 6. The minimum absolute atomic E-state index is 0.310. The monoisotopic (exact) mass is 441 g/mol. The summed E-state index contributed by atoms with van der Waals surface area (Å²) < 4.78 is 13.5. The lowest BCUT2D eigenvalue weighted by atomic mass is 10.00. The van der Waals surface area contributed by atoms with Crippen molar-refractivity contribution in [1.29, 1.82) is 0 Å². The van der Waals surface area contributed by atoms with E-state index in [9.17, 15) is 9.18 Å².